The molecule has 0 bridgehead atoms. The number of benzene rings is 1. The molecule has 0 atom stereocenters. The van der Waals surface area contributed by atoms with E-state index in [9.17, 15) is 9.90 Å². The maximum Gasteiger partial charge on any atom is 0.307 e. The van der Waals surface area contributed by atoms with Crippen molar-refractivity contribution in [3.63, 3.8) is 0 Å². The van der Waals surface area contributed by atoms with Crippen molar-refractivity contribution in [3.05, 3.63) is 27.7 Å². The Morgan fingerprint density at radius 3 is 2.69 bits per heavy atom. The number of halogens is 1. The molecule has 0 aliphatic rings. The summed E-state index contributed by atoms with van der Waals surface area (Å²) >= 11 is 3.23. The first-order valence-corrected chi connectivity index (χ1v) is 4.50. The Morgan fingerprint density at radius 2 is 2.15 bits per heavy atom. The number of aromatic hydroxyl groups is 1. The summed E-state index contributed by atoms with van der Waals surface area (Å²) in [6, 6.07) is 3.34. The molecule has 0 spiro atoms. The largest absolute Gasteiger partial charge is 0.507 e. The van der Waals surface area contributed by atoms with Gasteiger partial charge in [-0.15, -0.1) is 0 Å². The van der Waals surface area contributed by atoms with Crippen LogP contribution in [-0.2, 0) is 11.2 Å². The number of aryl methyl sites for hydroxylation is 1. The Labute approximate surface area is 84.1 Å². The van der Waals surface area contributed by atoms with E-state index in [2.05, 4.69) is 15.9 Å². The molecule has 0 aliphatic carbocycles. The van der Waals surface area contributed by atoms with Crippen LogP contribution in [0.1, 0.15) is 11.1 Å². The van der Waals surface area contributed by atoms with Gasteiger partial charge in [-0.2, -0.15) is 0 Å². The van der Waals surface area contributed by atoms with Crippen LogP contribution in [0.15, 0.2) is 16.6 Å². The summed E-state index contributed by atoms with van der Waals surface area (Å²) in [5.41, 5.74) is 1.10. The molecular weight excluding hydrogens is 236 g/mol. The van der Waals surface area contributed by atoms with Gasteiger partial charge in [-0.25, -0.2) is 0 Å². The first kappa shape index (κ1) is 10.1. The minimum Gasteiger partial charge on any atom is -0.507 e. The predicted molar refractivity (Wildman–Crippen MR) is 51.9 cm³/mol. The van der Waals surface area contributed by atoms with E-state index in [1.165, 1.54) is 0 Å². The quantitative estimate of drug-likeness (QED) is 0.838. The first-order valence-electron chi connectivity index (χ1n) is 3.70. The molecule has 2 N–H and O–H groups in total. The number of carboxylic acids is 1. The normalized spacial score (nSPS) is 10.0. The molecule has 0 amide bonds. The molecule has 0 fully saturated rings. The summed E-state index contributed by atoms with van der Waals surface area (Å²) in [5, 5.41) is 18.0. The summed E-state index contributed by atoms with van der Waals surface area (Å²) in [6.07, 6.45) is -0.161. The standard InChI is InChI=1S/C9H9BrO3/c1-5-2-7(10)3-6(9(5)13)4-8(11)12/h2-3,13H,4H2,1H3,(H,11,12). The molecular formula is C9H9BrO3. The zero-order valence-corrected chi connectivity index (χ0v) is 8.63. The van der Waals surface area contributed by atoms with E-state index >= 15 is 0 Å². The summed E-state index contributed by atoms with van der Waals surface area (Å²) in [6.45, 7) is 1.73. The van der Waals surface area contributed by atoms with Crippen molar-refractivity contribution in [2.45, 2.75) is 13.3 Å². The average molecular weight is 245 g/mol. The van der Waals surface area contributed by atoms with E-state index in [0.717, 1.165) is 4.47 Å². The fourth-order valence-electron chi connectivity index (χ4n) is 1.10. The van der Waals surface area contributed by atoms with Crippen LogP contribution in [0.3, 0.4) is 0 Å². The molecule has 1 aromatic rings. The molecule has 13 heavy (non-hydrogen) atoms. The third-order valence-corrected chi connectivity index (χ3v) is 2.14. The maximum atomic E-state index is 10.4. The van der Waals surface area contributed by atoms with E-state index in [1.807, 2.05) is 0 Å². The van der Waals surface area contributed by atoms with Crippen molar-refractivity contribution in [1.82, 2.24) is 0 Å². The first-order chi connectivity index (χ1) is 6.00. The smallest absolute Gasteiger partial charge is 0.307 e. The SMILES string of the molecule is Cc1cc(Br)cc(CC(=O)O)c1O. The van der Waals surface area contributed by atoms with Gasteiger partial charge in [-0.1, -0.05) is 15.9 Å². The van der Waals surface area contributed by atoms with Gasteiger partial charge in [-0.05, 0) is 24.6 Å². The lowest BCUT2D eigenvalue weighted by Crippen LogP contribution is -2.00. The second kappa shape index (κ2) is 3.79. The Bertz CT molecular complexity index is 347. The number of aliphatic carboxylic acids is 1. The maximum absolute atomic E-state index is 10.4. The second-order valence-corrected chi connectivity index (χ2v) is 3.72. The molecule has 3 nitrogen and oxygen atoms in total. The topological polar surface area (TPSA) is 57.5 Å². The number of hydrogen-bond donors (Lipinski definition) is 2. The highest BCUT2D eigenvalue weighted by molar-refractivity contribution is 9.10. The molecule has 1 aromatic carbocycles. The molecule has 0 aliphatic heterocycles. The fourth-order valence-corrected chi connectivity index (χ4v) is 1.72. The van der Waals surface area contributed by atoms with Crippen LogP contribution in [0.2, 0.25) is 0 Å². The molecule has 4 heteroatoms. The van der Waals surface area contributed by atoms with E-state index in [1.54, 1.807) is 19.1 Å². The van der Waals surface area contributed by atoms with Crippen LogP contribution in [-0.4, -0.2) is 16.2 Å². The van der Waals surface area contributed by atoms with Gasteiger partial charge >= 0.3 is 5.97 Å². The van der Waals surface area contributed by atoms with Crippen molar-refractivity contribution < 1.29 is 15.0 Å². The van der Waals surface area contributed by atoms with Gasteiger partial charge in [0.05, 0.1) is 6.42 Å². The van der Waals surface area contributed by atoms with Crippen molar-refractivity contribution in [3.8, 4) is 5.75 Å². The third-order valence-electron chi connectivity index (χ3n) is 1.69. The highest BCUT2D eigenvalue weighted by atomic mass is 79.9. The zero-order valence-electron chi connectivity index (χ0n) is 7.04. The average Bonchev–Trinajstić information content (AvgIpc) is 1.98. The Balaban J connectivity index is 3.12. The molecule has 0 heterocycles. The Hall–Kier alpha value is -1.03. The fraction of sp³-hybridized carbons (Fsp3) is 0.222. The van der Waals surface area contributed by atoms with Crippen LogP contribution in [0.25, 0.3) is 0 Å². The number of carbonyl (C=O) groups is 1. The number of rotatable bonds is 2. The molecule has 0 saturated carbocycles. The Kier molecular flexibility index (Phi) is 2.93. The van der Waals surface area contributed by atoms with Crippen LogP contribution in [0.4, 0.5) is 0 Å². The second-order valence-electron chi connectivity index (χ2n) is 2.80. The van der Waals surface area contributed by atoms with Crippen LogP contribution < -0.4 is 0 Å². The lowest BCUT2D eigenvalue weighted by atomic mass is 10.1. The molecule has 1 rings (SSSR count). The predicted octanol–water partition coefficient (Wildman–Crippen LogP) is 2.09. The minimum atomic E-state index is -0.951. The zero-order chi connectivity index (χ0) is 10.0. The van der Waals surface area contributed by atoms with Crippen molar-refractivity contribution in [2.24, 2.45) is 0 Å². The van der Waals surface area contributed by atoms with E-state index in [0.29, 0.717) is 11.1 Å². The number of hydrogen-bond acceptors (Lipinski definition) is 2. The van der Waals surface area contributed by atoms with Crippen molar-refractivity contribution in [1.29, 1.82) is 0 Å². The Morgan fingerprint density at radius 1 is 1.54 bits per heavy atom. The summed E-state index contributed by atoms with van der Waals surface area (Å²) in [5.74, 6) is -0.890. The van der Waals surface area contributed by atoms with Crippen LogP contribution in [0, 0.1) is 6.92 Å². The summed E-state index contributed by atoms with van der Waals surface area (Å²) in [7, 11) is 0. The van der Waals surface area contributed by atoms with Gasteiger partial charge in [0.15, 0.2) is 0 Å². The van der Waals surface area contributed by atoms with E-state index < -0.39 is 5.97 Å². The minimum absolute atomic E-state index is 0.0607. The van der Waals surface area contributed by atoms with Gasteiger partial charge in [0.25, 0.3) is 0 Å². The van der Waals surface area contributed by atoms with Crippen molar-refractivity contribution in [2.75, 3.05) is 0 Å². The van der Waals surface area contributed by atoms with Crippen LogP contribution in [0.5, 0.6) is 5.75 Å². The lowest BCUT2D eigenvalue weighted by molar-refractivity contribution is -0.136. The van der Waals surface area contributed by atoms with E-state index in [-0.39, 0.29) is 12.2 Å². The lowest BCUT2D eigenvalue weighted by Gasteiger charge is -2.05. The molecule has 0 saturated heterocycles. The number of phenolic OH excluding ortho intramolecular Hbond substituents is 1. The summed E-state index contributed by atoms with van der Waals surface area (Å²) in [4.78, 5) is 10.4. The number of carboxylic acid groups (broad SMARTS) is 1. The van der Waals surface area contributed by atoms with Gasteiger partial charge in [0, 0.05) is 10.0 Å². The van der Waals surface area contributed by atoms with Crippen LogP contribution >= 0.6 is 15.9 Å². The molecule has 70 valence electrons. The third kappa shape index (κ3) is 2.45. The van der Waals surface area contributed by atoms with Gasteiger partial charge in [-0.3, -0.25) is 4.79 Å². The van der Waals surface area contributed by atoms with E-state index in [4.69, 9.17) is 5.11 Å². The number of phenols is 1. The molecule has 0 unspecified atom stereocenters. The monoisotopic (exact) mass is 244 g/mol. The molecule has 0 radical (unpaired) electrons. The highest BCUT2D eigenvalue weighted by Crippen LogP contribution is 2.26. The van der Waals surface area contributed by atoms with Gasteiger partial charge in [0.2, 0.25) is 0 Å². The van der Waals surface area contributed by atoms with Gasteiger partial charge < -0.3 is 10.2 Å². The molecule has 0 aromatic heterocycles. The summed E-state index contributed by atoms with van der Waals surface area (Å²) < 4.78 is 0.777. The van der Waals surface area contributed by atoms with Crippen molar-refractivity contribution >= 4 is 21.9 Å². The van der Waals surface area contributed by atoms with Gasteiger partial charge in [0.1, 0.15) is 5.75 Å². The highest BCUT2D eigenvalue weighted by Gasteiger charge is 2.09.